The number of halogens is 1. The third-order valence-electron chi connectivity index (χ3n) is 3.05. The lowest BCUT2D eigenvalue weighted by Crippen LogP contribution is -2.24. The molecule has 0 saturated carbocycles. The highest BCUT2D eigenvalue weighted by Gasteiger charge is 2.17. The summed E-state index contributed by atoms with van der Waals surface area (Å²) in [5.41, 5.74) is 6.74. The third kappa shape index (κ3) is 3.26. The van der Waals surface area contributed by atoms with Crippen LogP contribution in [0.15, 0.2) is 33.7 Å². The molecule has 0 saturated heterocycles. The first-order valence-electron chi connectivity index (χ1n) is 6.35. The van der Waals surface area contributed by atoms with Crippen molar-refractivity contribution in [3.63, 3.8) is 0 Å². The van der Waals surface area contributed by atoms with Crippen LogP contribution in [-0.2, 0) is 13.1 Å². The summed E-state index contributed by atoms with van der Waals surface area (Å²) in [6, 6.07) is 8.47. The summed E-state index contributed by atoms with van der Waals surface area (Å²) < 4.78 is 5.06. The van der Waals surface area contributed by atoms with E-state index in [0.29, 0.717) is 24.8 Å². The van der Waals surface area contributed by atoms with Crippen LogP contribution in [0.5, 0.6) is 0 Å². The summed E-state index contributed by atoms with van der Waals surface area (Å²) in [4.78, 5) is 7.90. The Bertz CT molecular complexity index is 563. The SMILES string of the molecule is Cl.NCc1nc(CN2CCCSc3ccccc32)no1. The predicted molar refractivity (Wildman–Crippen MR) is 82.3 cm³/mol. The highest BCUT2D eigenvalue weighted by atomic mass is 35.5. The lowest BCUT2D eigenvalue weighted by Gasteiger charge is -2.22. The molecule has 5 nitrogen and oxygen atoms in total. The van der Waals surface area contributed by atoms with Gasteiger partial charge in [0.2, 0.25) is 5.89 Å². The minimum atomic E-state index is 0. The van der Waals surface area contributed by atoms with Gasteiger partial charge in [-0.15, -0.1) is 24.2 Å². The van der Waals surface area contributed by atoms with Gasteiger partial charge in [0.15, 0.2) is 5.82 Å². The molecular weight excluding hydrogens is 296 g/mol. The summed E-state index contributed by atoms with van der Waals surface area (Å²) in [6.45, 7) is 1.97. The van der Waals surface area contributed by atoms with Crippen molar-refractivity contribution in [2.75, 3.05) is 17.2 Å². The number of benzene rings is 1. The van der Waals surface area contributed by atoms with Crippen LogP contribution in [0.4, 0.5) is 5.69 Å². The van der Waals surface area contributed by atoms with Crippen molar-refractivity contribution in [1.82, 2.24) is 10.1 Å². The van der Waals surface area contributed by atoms with Crippen LogP contribution in [0.25, 0.3) is 0 Å². The second-order valence-corrected chi connectivity index (χ2v) is 5.54. The Morgan fingerprint density at radius 2 is 2.20 bits per heavy atom. The van der Waals surface area contributed by atoms with Gasteiger partial charge >= 0.3 is 0 Å². The second-order valence-electron chi connectivity index (χ2n) is 4.40. The number of para-hydroxylation sites is 1. The Morgan fingerprint density at radius 1 is 1.35 bits per heavy atom. The van der Waals surface area contributed by atoms with Crippen LogP contribution in [0, 0.1) is 0 Å². The van der Waals surface area contributed by atoms with Gasteiger partial charge in [-0.3, -0.25) is 0 Å². The molecule has 1 aliphatic heterocycles. The van der Waals surface area contributed by atoms with Gasteiger partial charge in [0.05, 0.1) is 18.8 Å². The van der Waals surface area contributed by atoms with E-state index in [0.717, 1.165) is 18.7 Å². The average Bonchev–Trinajstić information content (AvgIpc) is 2.80. The van der Waals surface area contributed by atoms with Gasteiger partial charge in [-0.2, -0.15) is 4.98 Å². The molecule has 0 unspecified atom stereocenters. The first kappa shape index (κ1) is 15.2. The van der Waals surface area contributed by atoms with Crippen molar-refractivity contribution in [2.45, 2.75) is 24.4 Å². The topological polar surface area (TPSA) is 68.2 Å². The fraction of sp³-hybridized carbons (Fsp3) is 0.385. The van der Waals surface area contributed by atoms with Crippen LogP contribution in [0.3, 0.4) is 0 Å². The van der Waals surface area contributed by atoms with Crippen LogP contribution in [0.2, 0.25) is 0 Å². The van der Waals surface area contributed by atoms with Gasteiger partial charge in [-0.1, -0.05) is 17.3 Å². The number of nitrogens with two attached hydrogens (primary N) is 1. The largest absolute Gasteiger partial charge is 0.363 e. The monoisotopic (exact) mass is 312 g/mol. The molecule has 1 aromatic carbocycles. The molecule has 0 amide bonds. The van der Waals surface area contributed by atoms with Crippen molar-refractivity contribution in [3.05, 3.63) is 36.0 Å². The Balaban J connectivity index is 0.00000147. The number of hydrogen-bond acceptors (Lipinski definition) is 6. The van der Waals surface area contributed by atoms with E-state index in [1.165, 1.54) is 10.6 Å². The number of aromatic nitrogens is 2. The smallest absolute Gasteiger partial charge is 0.240 e. The average molecular weight is 313 g/mol. The highest BCUT2D eigenvalue weighted by molar-refractivity contribution is 7.99. The zero-order valence-electron chi connectivity index (χ0n) is 11.0. The van der Waals surface area contributed by atoms with Gasteiger partial charge in [0, 0.05) is 11.4 Å². The quantitative estimate of drug-likeness (QED) is 0.939. The van der Waals surface area contributed by atoms with Crippen LogP contribution in [0.1, 0.15) is 18.1 Å². The Kier molecular flexibility index (Phi) is 5.28. The van der Waals surface area contributed by atoms with E-state index in [2.05, 4.69) is 39.3 Å². The molecule has 1 aliphatic rings. The van der Waals surface area contributed by atoms with E-state index in [9.17, 15) is 0 Å². The Hall–Kier alpha value is -1.24. The van der Waals surface area contributed by atoms with Crippen LogP contribution >= 0.6 is 24.2 Å². The van der Waals surface area contributed by atoms with Gasteiger partial charge < -0.3 is 15.2 Å². The Labute approximate surface area is 128 Å². The van der Waals surface area contributed by atoms with E-state index in [-0.39, 0.29) is 12.4 Å². The molecule has 1 aromatic heterocycles. The fourth-order valence-corrected chi connectivity index (χ4v) is 3.18. The predicted octanol–water partition coefficient (Wildman–Crippen LogP) is 2.45. The molecule has 20 heavy (non-hydrogen) atoms. The lowest BCUT2D eigenvalue weighted by atomic mass is 10.2. The number of hydrogen-bond donors (Lipinski definition) is 1. The molecule has 2 heterocycles. The molecule has 7 heteroatoms. The van der Waals surface area contributed by atoms with E-state index in [4.69, 9.17) is 10.3 Å². The molecule has 0 spiro atoms. The number of thioether (sulfide) groups is 1. The van der Waals surface area contributed by atoms with Gasteiger partial charge in [-0.05, 0) is 24.3 Å². The van der Waals surface area contributed by atoms with E-state index < -0.39 is 0 Å². The first-order chi connectivity index (χ1) is 9.36. The van der Waals surface area contributed by atoms with E-state index in [1.54, 1.807) is 0 Å². The third-order valence-corrected chi connectivity index (χ3v) is 4.20. The zero-order chi connectivity index (χ0) is 13.1. The van der Waals surface area contributed by atoms with Gasteiger partial charge in [0.25, 0.3) is 0 Å². The second kappa shape index (κ2) is 6.97. The molecule has 0 radical (unpaired) electrons. The van der Waals surface area contributed by atoms with Crippen molar-refractivity contribution >= 4 is 29.9 Å². The molecule has 0 bridgehead atoms. The number of anilines is 1. The minimum absolute atomic E-state index is 0. The zero-order valence-corrected chi connectivity index (χ0v) is 12.6. The maximum absolute atomic E-state index is 5.48. The molecule has 108 valence electrons. The molecular formula is C13H17ClN4OS. The first-order valence-corrected chi connectivity index (χ1v) is 7.33. The number of fused-ring (bicyclic) bond motifs is 1. The minimum Gasteiger partial charge on any atom is -0.363 e. The van der Waals surface area contributed by atoms with Crippen LogP contribution in [-0.4, -0.2) is 22.4 Å². The van der Waals surface area contributed by atoms with Crippen molar-refractivity contribution in [3.8, 4) is 0 Å². The normalized spacial score (nSPS) is 14.3. The van der Waals surface area contributed by atoms with E-state index >= 15 is 0 Å². The van der Waals surface area contributed by atoms with Crippen molar-refractivity contribution in [2.24, 2.45) is 5.73 Å². The summed E-state index contributed by atoms with van der Waals surface area (Å²) in [7, 11) is 0. The Morgan fingerprint density at radius 3 is 3.00 bits per heavy atom. The molecule has 2 N–H and O–H groups in total. The summed E-state index contributed by atoms with van der Waals surface area (Å²) in [5, 5.41) is 3.97. The van der Waals surface area contributed by atoms with Gasteiger partial charge in [-0.25, -0.2) is 0 Å². The molecule has 2 aromatic rings. The van der Waals surface area contributed by atoms with Crippen molar-refractivity contribution in [1.29, 1.82) is 0 Å². The van der Waals surface area contributed by atoms with Crippen LogP contribution < -0.4 is 10.6 Å². The summed E-state index contributed by atoms with van der Waals surface area (Å²) in [5.74, 6) is 2.34. The highest BCUT2D eigenvalue weighted by Crippen LogP contribution is 2.33. The van der Waals surface area contributed by atoms with E-state index in [1.807, 2.05) is 11.8 Å². The summed E-state index contributed by atoms with van der Waals surface area (Å²) >= 11 is 1.91. The van der Waals surface area contributed by atoms with Gasteiger partial charge in [0.1, 0.15) is 0 Å². The summed E-state index contributed by atoms with van der Waals surface area (Å²) in [6.07, 6.45) is 1.15. The lowest BCUT2D eigenvalue weighted by molar-refractivity contribution is 0.374. The maximum Gasteiger partial charge on any atom is 0.240 e. The molecule has 0 aliphatic carbocycles. The number of nitrogens with zero attached hydrogens (tertiary/aromatic N) is 3. The molecule has 3 rings (SSSR count). The molecule has 0 fully saturated rings. The molecule has 0 atom stereocenters. The standard InChI is InChI=1S/C13H16N4OS.ClH/c14-8-13-15-12(16-18-13)9-17-6-3-7-19-11-5-2-1-4-10(11)17;/h1-2,4-5H,3,6-9,14H2;1H. The van der Waals surface area contributed by atoms with Crippen molar-refractivity contribution < 1.29 is 4.52 Å². The number of rotatable bonds is 3. The maximum atomic E-state index is 5.48. The fourth-order valence-electron chi connectivity index (χ4n) is 2.17.